The molecule has 1 aliphatic carbocycles. The van der Waals surface area contributed by atoms with E-state index < -0.39 is 17.8 Å². The quantitative estimate of drug-likeness (QED) is 0.744. The Morgan fingerprint density at radius 3 is 2.17 bits per heavy atom. The van der Waals surface area contributed by atoms with Gasteiger partial charge in [0.25, 0.3) is 0 Å². The van der Waals surface area contributed by atoms with E-state index >= 15 is 0 Å². The number of amides is 1. The molecule has 7 nitrogen and oxygen atoms in total. The lowest BCUT2D eigenvalue weighted by atomic mass is 10.1. The fraction of sp³-hybridized carbons (Fsp3) is 0.500. The van der Waals surface area contributed by atoms with Crippen LogP contribution < -0.4 is 19.5 Å². The fourth-order valence-corrected chi connectivity index (χ4v) is 2.52. The van der Waals surface area contributed by atoms with Gasteiger partial charge in [0.1, 0.15) is 17.2 Å². The summed E-state index contributed by atoms with van der Waals surface area (Å²) in [5, 5.41) is 11.6. The second-order valence-electron chi connectivity index (χ2n) is 5.34. The van der Waals surface area contributed by atoms with Crippen molar-refractivity contribution in [1.29, 1.82) is 0 Å². The summed E-state index contributed by atoms with van der Waals surface area (Å²) in [6.07, 6.45) is 0.920. The van der Waals surface area contributed by atoms with Crippen LogP contribution in [0.25, 0.3) is 0 Å². The third kappa shape index (κ3) is 3.85. The minimum atomic E-state index is -0.913. The summed E-state index contributed by atoms with van der Waals surface area (Å²) in [6.45, 7) is 0.376. The van der Waals surface area contributed by atoms with Crippen LogP contribution in [-0.2, 0) is 16.0 Å². The maximum Gasteiger partial charge on any atom is 0.307 e. The first-order valence-corrected chi connectivity index (χ1v) is 7.31. The Bertz CT molecular complexity index is 575. The van der Waals surface area contributed by atoms with Gasteiger partial charge in [-0.1, -0.05) is 0 Å². The lowest BCUT2D eigenvalue weighted by Gasteiger charge is -2.15. The van der Waals surface area contributed by atoms with Crippen LogP contribution in [-0.4, -0.2) is 44.9 Å². The molecular weight excluding hydrogens is 302 g/mol. The van der Waals surface area contributed by atoms with Crippen molar-refractivity contribution in [3.05, 3.63) is 17.7 Å². The number of carbonyl (C=O) groups is 2. The van der Waals surface area contributed by atoms with Crippen molar-refractivity contribution in [1.82, 2.24) is 5.32 Å². The van der Waals surface area contributed by atoms with E-state index in [0.29, 0.717) is 36.6 Å². The van der Waals surface area contributed by atoms with Gasteiger partial charge in [-0.3, -0.25) is 9.59 Å². The van der Waals surface area contributed by atoms with Crippen LogP contribution in [0.1, 0.15) is 12.0 Å². The van der Waals surface area contributed by atoms with E-state index in [9.17, 15) is 9.59 Å². The van der Waals surface area contributed by atoms with E-state index in [2.05, 4.69) is 5.32 Å². The number of nitrogens with one attached hydrogen (secondary N) is 1. The minimum absolute atomic E-state index is 0.219. The van der Waals surface area contributed by atoms with Crippen LogP contribution in [0.2, 0.25) is 0 Å². The summed E-state index contributed by atoms with van der Waals surface area (Å²) in [4.78, 5) is 22.6. The molecule has 0 saturated heterocycles. The molecule has 2 rings (SSSR count). The molecule has 1 saturated carbocycles. The summed E-state index contributed by atoms with van der Waals surface area (Å²) >= 11 is 0. The van der Waals surface area contributed by atoms with Gasteiger partial charge in [0, 0.05) is 24.2 Å². The molecule has 0 heterocycles. The number of rotatable bonds is 8. The summed E-state index contributed by atoms with van der Waals surface area (Å²) < 4.78 is 15.9. The Hall–Kier alpha value is -2.44. The molecule has 0 spiro atoms. The van der Waals surface area contributed by atoms with Gasteiger partial charge in [0.15, 0.2) is 0 Å². The molecule has 2 N–H and O–H groups in total. The summed E-state index contributed by atoms with van der Waals surface area (Å²) in [5.41, 5.74) is 0.821. The zero-order valence-electron chi connectivity index (χ0n) is 13.4. The van der Waals surface area contributed by atoms with Gasteiger partial charge in [-0.15, -0.1) is 0 Å². The van der Waals surface area contributed by atoms with Crippen molar-refractivity contribution in [2.45, 2.75) is 12.8 Å². The molecule has 0 bridgehead atoms. The first kappa shape index (κ1) is 16.9. The minimum Gasteiger partial charge on any atom is -0.496 e. The van der Waals surface area contributed by atoms with Crippen molar-refractivity contribution in [3.63, 3.8) is 0 Å². The number of aliphatic carboxylic acids is 1. The predicted molar refractivity (Wildman–Crippen MR) is 82.0 cm³/mol. The first-order valence-electron chi connectivity index (χ1n) is 7.31. The smallest absolute Gasteiger partial charge is 0.307 e. The number of hydrogen-bond donors (Lipinski definition) is 2. The van der Waals surface area contributed by atoms with Crippen molar-refractivity contribution in [2.24, 2.45) is 11.8 Å². The maximum atomic E-state index is 11.9. The summed E-state index contributed by atoms with van der Waals surface area (Å²) in [6, 6.07) is 3.50. The van der Waals surface area contributed by atoms with E-state index in [-0.39, 0.29) is 5.91 Å². The molecule has 126 valence electrons. The summed E-state index contributed by atoms with van der Waals surface area (Å²) in [5.74, 6) is -0.232. The van der Waals surface area contributed by atoms with Crippen LogP contribution in [0.15, 0.2) is 12.1 Å². The Kier molecular flexibility index (Phi) is 5.31. The van der Waals surface area contributed by atoms with Crippen LogP contribution in [0.5, 0.6) is 17.2 Å². The van der Waals surface area contributed by atoms with E-state index in [1.807, 2.05) is 0 Å². The molecule has 0 radical (unpaired) electrons. The Labute approximate surface area is 134 Å². The largest absolute Gasteiger partial charge is 0.496 e. The molecule has 23 heavy (non-hydrogen) atoms. The molecular formula is C16H21NO6. The number of methoxy groups -OCH3 is 3. The van der Waals surface area contributed by atoms with Gasteiger partial charge in [0.05, 0.1) is 33.2 Å². The molecule has 7 heteroatoms. The molecule has 1 aromatic carbocycles. The Balaban J connectivity index is 1.97. The first-order chi connectivity index (χ1) is 11.0. The third-order valence-electron chi connectivity index (χ3n) is 3.94. The highest BCUT2D eigenvalue weighted by molar-refractivity contribution is 5.89. The second-order valence-corrected chi connectivity index (χ2v) is 5.34. The van der Waals surface area contributed by atoms with Crippen LogP contribution in [0, 0.1) is 11.8 Å². The number of carbonyl (C=O) groups excluding carboxylic acids is 1. The highest BCUT2D eigenvalue weighted by Crippen LogP contribution is 2.38. The lowest BCUT2D eigenvalue weighted by Crippen LogP contribution is -2.28. The normalized spacial score (nSPS) is 18.9. The van der Waals surface area contributed by atoms with E-state index in [4.69, 9.17) is 19.3 Å². The Morgan fingerprint density at radius 2 is 1.74 bits per heavy atom. The molecule has 0 aromatic heterocycles. The molecule has 2 atom stereocenters. The molecule has 1 amide bonds. The highest BCUT2D eigenvalue weighted by Gasteiger charge is 2.48. The zero-order valence-corrected chi connectivity index (χ0v) is 13.4. The standard InChI is InChI=1S/C16H21NO6/c1-21-9-6-13(22-2)10(14(7-9)23-3)4-5-17-15(18)11-8-12(11)16(19)20/h6-7,11-12H,4-5,8H2,1-3H3,(H,17,18)(H,19,20). The maximum absolute atomic E-state index is 11.9. The van der Waals surface area contributed by atoms with Crippen LogP contribution in [0.3, 0.4) is 0 Å². The lowest BCUT2D eigenvalue weighted by molar-refractivity contribution is -0.140. The topological polar surface area (TPSA) is 94.1 Å². The number of hydrogen-bond acceptors (Lipinski definition) is 5. The van der Waals surface area contributed by atoms with Crippen molar-refractivity contribution in [2.75, 3.05) is 27.9 Å². The SMILES string of the molecule is COc1cc(OC)c(CCNC(=O)C2CC2C(=O)O)c(OC)c1. The van der Waals surface area contributed by atoms with Crippen LogP contribution >= 0.6 is 0 Å². The number of benzene rings is 1. The van der Waals surface area contributed by atoms with Gasteiger partial charge in [0.2, 0.25) is 5.91 Å². The molecule has 1 aromatic rings. The summed E-state index contributed by atoms with van der Waals surface area (Å²) in [7, 11) is 4.67. The monoisotopic (exact) mass is 323 g/mol. The van der Waals surface area contributed by atoms with Crippen LogP contribution in [0.4, 0.5) is 0 Å². The molecule has 0 aliphatic heterocycles. The van der Waals surface area contributed by atoms with Crippen molar-refractivity contribution >= 4 is 11.9 Å². The van der Waals surface area contributed by atoms with Gasteiger partial charge in [-0.25, -0.2) is 0 Å². The van der Waals surface area contributed by atoms with E-state index in [1.165, 1.54) is 0 Å². The highest BCUT2D eigenvalue weighted by atomic mass is 16.5. The predicted octanol–water partition coefficient (Wildman–Crippen LogP) is 1.09. The fourth-order valence-electron chi connectivity index (χ4n) is 2.52. The number of ether oxygens (including phenoxy) is 3. The average Bonchev–Trinajstić information content (AvgIpc) is 3.35. The van der Waals surface area contributed by atoms with Crippen molar-refractivity contribution < 1.29 is 28.9 Å². The molecule has 2 unspecified atom stereocenters. The van der Waals surface area contributed by atoms with Gasteiger partial charge < -0.3 is 24.6 Å². The van der Waals surface area contributed by atoms with Gasteiger partial charge in [-0.05, 0) is 12.8 Å². The Morgan fingerprint density at radius 1 is 1.13 bits per heavy atom. The van der Waals surface area contributed by atoms with E-state index in [0.717, 1.165) is 5.56 Å². The van der Waals surface area contributed by atoms with Gasteiger partial charge in [-0.2, -0.15) is 0 Å². The molecule has 1 aliphatic rings. The number of carboxylic acids is 1. The van der Waals surface area contributed by atoms with Crippen molar-refractivity contribution in [3.8, 4) is 17.2 Å². The zero-order chi connectivity index (χ0) is 17.0. The third-order valence-corrected chi connectivity index (χ3v) is 3.94. The number of carboxylic acid groups (broad SMARTS) is 1. The van der Waals surface area contributed by atoms with Gasteiger partial charge >= 0.3 is 5.97 Å². The van der Waals surface area contributed by atoms with E-state index in [1.54, 1.807) is 33.5 Å². The molecule has 1 fully saturated rings. The second kappa shape index (κ2) is 7.21. The average molecular weight is 323 g/mol.